The monoisotopic (exact) mass is 250 g/mol. The Labute approximate surface area is 103 Å². The van der Waals surface area contributed by atoms with Gasteiger partial charge in [-0.15, -0.1) is 11.3 Å². The van der Waals surface area contributed by atoms with E-state index >= 15 is 0 Å². The highest BCUT2D eigenvalue weighted by atomic mass is 32.1. The zero-order valence-corrected chi connectivity index (χ0v) is 9.87. The smallest absolute Gasteiger partial charge is 0.176 e. The van der Waals surface area contributed by atoms with Gasteiger partial charge in [-0.25, -0.2) is 0 Å². The van der Waals surface area contributed by atoms with Crippen molar-refractivity contribution in [1.29, 1.82) is 0 Å². The third-order valence-corrected chi connectivity index (χ3v) is 3.46. The van der Waals surface area contributed by atoms with Gasteiger partial charge in [0.25, 0.3) is 0 Å². The van der Waals surface area contributed by atoms with E-state index in [1.54, 1.807) is 6.07 Å². The molecule has 0 saturated carbocycles. The summed E-state index contributed by atoms with van der Waals surface area (Å²) in [7, 11) is 0. The molecule has 0 aliphatic carbocycles. The van der Waals surface area contributed by atoms with Gasteiger partial charge in [0.15, 0.2) is 5.13 Å². The molecule has 1 aromatic carbocycles. The van der Waals surface area contributed by atoms with Crippen LogP contribution in [0.3, 0.4) is 0 Å². The highest BCUT2D eigenvalue weighted by molar-refractivity contribution is 7.13. The number of epoxide rings is 1. The van der Waals surface area contributed by atoms with Crippen molar-refractivity contribution in [2.45, 2.75) is 6.10 Å². The van der Waals surface area contributed by atoms with Crippen LogP contribution >= 0.6 is 11.3 Å². The molecule has 88 valence electrons. The van der Waals surface area contributed by atoms with Crippen LogP contribution in [-0.2, 0) is 4.74 Å². The maximum Gasteiger partial charge on any atom is 0.176 e. The van der Waals surface area contributed by atoms with Crippen molar-refractivity contribution < 1.29 is 13.9 Å². The molecule has 2 heterocycles. The minimum atomic E-state index is -0.180. The molecule has 1 fully saturated rings. The molecule has 2 nitrogen and oxygen atoms in total. The average Bonchev–Trinajstić information content (AvgIpc) is 3.08. The summed E-state index contributed by atoms with van der Waals surface area (Å²) in [4.78, 5) is 0.884. The van der Waals surface area contributed by atoms with Crippen LogP contribution in [0.5, 0.6) is 5.75 Å². The fourth-order valence-corrected chi connectivity index (χ4v) is 2.36. The number of thiophene rings is 1. The molecule has 0 spiro atoms. The van der Waals surface area contributed by atoms with Gasteiger partial charge in [-0.1, -0.05) is 12.1 Å². The molecule has 1 aromatic heterocycles. The van der Waals surface area contributed by atoms with Gasteiger partial charge < -0.3 is 9.47 Å². The molecule has 0 amide bonds. The maximum absolute atomic E-state index is 13.0. The van der Waals surface area contributed by atoms with Crippen LogP contribution in [0, 0.1) is 5.13 Å². The first kappa shape index (κ1) is 10.7. The number of para-hydroxylation sites is 1. The quantitative estimate of drug-likeness (QED) is 0.776. The van der Waals surface area contributed by atoms with Crippen LogP contribution < -0.4 is 4.74 Å². The molecule has 1 aliphatic rings. The van der Waals surface area contributed by atoms with Crippen molar-refractivity contribution in [3.63, 3.8) is 0 Å². The Morgan fingerprint density at radius 3 is 2.82 bits per heavy atom. The Kier molecular flexibility index (Phi) is 2.82. The Morgan fingerprint density at radius 2 is 2.12 bits per heavy atom. The van der Waals surface area contributed by atoms with Crippen molar-refractivity contribution in [3.8, 4) is 16.2 Å². The molecule has 1 aliphatic heterocycles. The molecule has 17 heavy (non-hydrogen) atoms. The Morgan fingerprint density at radius 1 is 1.29 bits per heavy atom. The van der Waals surface area contributed by atoms with Crippen molar-refractivity contribution >= 4 is 11.3 Å². The van der Waals surface area contributed by atoms with Gasteiger partial charge in [0.05, 0.1) is 6.61 Å². The standard InChI is InChI=1S/C13H11FO2S/c14-13-6-5-12(17-13)10-3-1-2-4-11(10)16-8-9-7-15-9/h1-6,9H,7-8H2/t9-/m0/s1. The van der Waals surface area contributed by atoms with E-state index in [4.69, 9.17) is 9.47 Å². The zero-order chi connectivity index (χ0) is 11.7. The first-order valence-electron chi connectivity index (χ1n) is 5.42. The molecule has 2 aromatic rings. The lowest BCUT2D eigenvalue weighted by Crippen LogP contribution is -2.04. The van der Waals surface area contributed by atoms with Crippen LogP contribution in [0.2, 0.25) is 0 Å². The number of halogens is 1. The lowest BCUT2D eigenvalue weighted by Gasteiger charge is -2.08. The molecule has 3 rings (SSSR count). The predicted octanol–water partition coefficient (Wildman–Crippen LogP) is 3.33. The lowest BCUT2D eigenvalue weighted by molar-refractivity contribution is 0.264. The highest BCUT2D eigenvalue weighted by Crippen LogP contribution is 2.34. The van der Waals surface area contributed by atoms with Crippen LogP contribution in [-0.4, -0.2) is 19.3 Å². The second kappa shape index (κ2) is 4.47. The summed E-state index contributed by atoms with van der Waals surface area (Å²) >= 11 is 1.13. The molecule has 0 N–H and O–H groups in total. The van der Waals surface area contributed by atoms with Gasteiger partial charge in [0, 0.05) is 10.4 Å². The first-order valence-corrected chi connectivity index (χ1v) is 6.24. The van der Waals surface area contributed by atoms with Crippen LogP contribution in [0.1, 0.15) is 0 Å². The number of hydrogen-bond donors (Lipinski definition) is 0. The largest absolute Gasteiger partial charge is 0.490 e. The van der Waals surface area contributed by atoms with E-state index in [1.165, 1.54) is 6.07 Å². The third kappa shape index (κ3) is 2.48. The Bertz CT molecular complexity index is 520. The fourth-order valence-electron chi connectivity index (χ4n) is 1.60. The van der Waals surface area contributed by atoms with Crippen molar-refractivity contribution in [2.75, 3.05) is 13.2 Å². The number of ether oxygens (including phenoxy) is 2. The summed E-state index contributed by atoms with van der Waals surface area (Å²) in [5.41, 5.74) is 0.932. The van der Waals surface area contributed by atoms with Gasteiger partial charge in [0.1, 0.15) is 18.5 Å². The van der Waals surface area contributed by atoms with Gasteiger partial charge in [0.2, 0.25) is 0 Å². The molecular formula is C13H11FO2S. The average molecular weight is 250 g/mol. The summed E-state index contributed by atoms with van der Waals surface area (Å²) in [5.74, 6) is 0.782. The minimum absolute atomic E-state index is 0.180. The molecule has 0 bridgehead atoms. The summed E-state index contributed by atoms with van der Waals surface area (Å²) in [5, 5.41) is -0.180. The molecule has 0 radical (unpaired) electrons. The molecular weight excluding hydrogens is 239 g/mol. The number of benzene rings is 1. The normalized spacial score (nSPS) is 18.1. The molecule has 1 atom stereocenters. The van der Waals surface area contributed by atoms with E-state index in [2.05, 4.69) is 0 Å². The Hall–Kier alpha value is -1.39. The van der Waals surface area contributed by atoms with Crippen molar-refractivity contribution in [3.05, 3.63) is 41.5 Å². The van der Waals surface area contributed by atoms with E-state index in [0.717, 1.165) is 34.1 Å². The van der Waals surface area contributed by atoms with Crippen molar-refractivity contribution in [2.24, 2.45) is 0 Å². The molecule has 0 unspecified atom stereocenters. The zero-order valence-electron chi connectivity index (χ0n) is 9.06. The van der Waals surface area contributed by atoms with Gasteiger partial charge in [-0.2, -0.15) is 4.39 Å². The first-order chi connectivity index (χ1) is 8.33. The predicted molar refractivity (Wildman–Crippen MR) is 64.9 cm³/mol. The SMILES string of the molecule is Fc1ccc(-c2ccccc2OC[C@@H]2CO2)s1. The van der Waals surface area contributed by atoms with Crippen molar-refractivity contribution in [1.82, 2.24) is 0 Å². The van der Waals surface area contributed by atoms with E-state index < -0.39 is 0 Å². The van der Waals surface area contributed by atoms with E-state index in [1.807, 2.05) is 24.3 Å². The highest BCUT2D eigenvalue weighted by Gasteiger charge is 2.23. The fraction of sp³-hybridized carbons (Fsp3) is 0.231. The summed E-state index contributed by atoms with van der Waals surface area (Å²) in [6.45, 7) is 1.33. The van der Waals surface area contributed by atoms with E-state index in [-0.39, 0.29) is 11.2 Å². The van der Waals surface area contributed by atoms with Crippen LogP contribution in [0.15, 0.2) is 36.4 Å². The topological polar surface area (TPSA) is 21.8 Å². The van der Waals surface area contributed by atoms with Gasteiger partial charge in [-0.3, -0.25) is 0 Å². The van der Waals surface area contributed by atoms with Gasteiger partial charge >= 0.3 is 0 Å². The minimum Gasteiger partial charge on any atom is -0.490 e. The number of rotatable bonds is 4. The van der Waals surface area contributed by atoms with Crippen LogP contribution in [0.25, 0.3) is 10.4 Å². The summed E-state index contributed by atoms with van der Waals surface area (Å²) < 4.78 is 23.8. The second-order valence-electron chi connectivity index (χ2n) is 3.87. The second-order valence-corrected chi connectivity index (χ2v) is 4.90. The summed E-state index contributed by atoms with van der Waals surface area (Å²) in [6, 6.07) is 10.9. The van der Waals surface area contributed by atoms with E-state index in [0.29, 0.717) is 6.61 Å². The maximum atomic E-state index is 13.0. The Balaban J connectivity index is 1.86. The van der Waals surface area contributed by atoms with E-state index in [9.17, 15) is 4.39 Å². The third-order valence-electron chi connectivity index (χ3n) is 2.55. The lowest BCUT2D eigenvalue weighted by atomic mass is 10.1. The summed E-state index contributed by atoms with van der Waals surface area (Å²) in [6.07, 6.45) is 0.225. The molecule has 4 heteroatoms. The van der Waals surface area contributed by atoms with Crippen LogP contribution in [0.4, 0.5) is 4.39 Å². The molecule has 1 saturated heterocycles. The number of hydrogen-bond acceptors (Lipinski definition) is 3. The van der Waals surface area contributed by atoms with Gasteiger partial charge in [-0.05, 0) is 24.3 Å².